The van der Waals surface area contributed by atoms with E-state index in [9.17, 15) is 0 Å². The van der Waals surface area contributed by atoms with Crippen LogP contribution in [0.5, 0.6) is 0 Å². The van der Waals surface area contributed by atoms with Gasteiger partial charge in [-0.1, -0.05) is 40.9 Å². The third-order valence-electron chi connectivity index (χ3n) is 2.07. The second-order valence-electron chi connectivity index (χ2n) is 3.35. The summed E-state index contributed by atoms with van der Waals surface area (Å²) in [6.07, 6.45) is 3.57. The Morgan fingerprint density at radius 2 is 1.82 bits per heavy atom. The molecule has 0 N–H and O–H groups in total. The van der Waals surface area contributed by atoms with Crippen LogP contribution in [0, 0.1) is 0 Å². The van der Waals surface area contributed by atoms with E-state index in [-0.39, 0.29) is 0 Å². The molecule has 2 rings (SSSR count). The lowest BCUT2D eigenvalue weighted by Gasteiger charge is -2.07. The zero-order valence-electron chi connectivity index (χ0n) is 8.66. The van der Waals surface area contributed by atoms with E-state index in [1.54, 1.807) is 30.1 Å². The van der Waals surface area contributed by atoms with Crippen LogP contribution in [-0.2, 0) is 5.75 Å². The first-order valence-corrected chi connectivity index (χ1v) is 6.95. The van der Waals surface area contributed by atoms with Gasteiger partial charge in [-0.25, -0.2) is 0 Å². The third kappa shape index (κ3) is 3.52. The lowest BCUT2D eigenvalue weighted by molar-refractivity contribution is 1.25. The van der Waals surface area contributed by atoms with Crippen LogP contribution in [0.4, 0.5) is 0 Å². The predicted octanol–water partition coefficient (Wildman–Crippen LogP) is 5.33. The summed E-state index contributed by atoms with van der Waals surface area (Å²) >= 11 is 19.6. The Hall–Kier alpha value is -0.410. The minimum absolute atomic E-state index is 0.547. The SMILES string of the molecule is Clc1cc(Cl)c(SCc2cccnc2)c(Cl)c1. The highest BCUT2D eigenvalue weighted by Crippen LogP contribution is 2.37. The molecule has 0 saturated carbocycles. The van der Waals surface area contributed by atoms with Gasteiger partial charge in [0.2, 0.25) is 0 Å². The van der Waals surface area contributed by atoms with Crippen molar-refractivity contribution in [1.29, 1.82) is 0 Å². The quantitative estimate of drug-likeness (QED) is 0.710. The van der Waals surface area contributed by atoms with Crippen LogP contribution in [0.1, 0.15) is 5.56 Å². The van der Waals surface area contributed by atoms with Gasteiger partial charge in [0.1, 0.15) is 0 Å². The van der Waals surface area contributed by atoms with Gasteiger partial charge in [0, 0.05) is 28.1 Å². The Balaban J connectivity index is 2.15. The summed E-state index contributed by atoms with van der Waals surface area (Å²) in [6, 6.07) is 7.31. The van der Waals surface area contributed by atoms with Crippen molar-refractivity contribution in [3.05, 3.63) is 57.3 Å². The molecule has 1 aromatic carbocycles. The molecule has 0 saturated heterocycles. The second-order valence-corrected chi connectivity index (χ2v) is 5.58. The van der Waals surface area contributed by atoms with Crippen molar-refractivity contribution in [2.45, 2.75) is 10.6 Å². The highest BCUT2D eigenvalue weighted by molar-refractivity contribution is 7.98. The zero-order valence-corrected chi connectivity index (χ0v) is 11.7. The highest BCUT2D eigenvalue weighted by Gasteiger charge is 2.08. The highest BCUT2D eigenvalue weighted by atomic mass is 35.5. The molecule has 0 atom stereocenters. The molecule has 0 aliphatic rings. The molecule has 0 unspecified atom stereocenters. The van der Waals surface area contributed by atoms with E-state index in [0.29, 0.717) is 15.1 Å². The molecular formula is C12H8Cl3NS. The van der Waals surface area contributed by atoms with Crippen molar-refractivity contribution in [3.8, 4) is 0 Å². The zero-order chi connectivity index (χ0) is 12.3. The minimum Gasteiger partial charge on any atom is -0.264 e. The number of halogens is 3. The van der Waals surface area contributed by atoms with Gasteiger partial charge in [0.15, 0.2) is 0 Å². The van der Waals surface area contributed by atoms with Crippen molar-refractivity contribution in [3.63, 3.8) is 0 Å². The van der Waals surface area contributed by atoms with Crippen molar-refractivity contribution in [2.24, 2.45) is 0 Å². The van der Waals surface area contributed by atoms with Crippen LogP contribution < -0.4 is 0 Å². The Morgan fingerprint density at radius 3 is 2.41 bits per heavy atom. The van der Waals surface area contributed by atoms with Crippen LogP contribution >= 0.6 is 46.6 Å². The summed E-state index contributed by atoms with van der Waals surface area (Å²) in [5, 5.41) is 1.71. The summed E-state index contributed by atoms with van der Waals surface area (Å²) in [5.41, 5.74) is 1.12. The summed E-state index contributed by atoms with van der Waals surface area (Å²) in [7, 11) is 0. The van der Waals surface area contributed by atoms with Crippen molar-refractivity contribution in [1.82, 2.24) is 4.98 Å². The molecule has 0 bridgehead atoms. The number of benzene rings is 1. The van der Waals surface area contributed by atoms with E-state index in [2.05, 4.69) is 4.98 Å². The fourth-order valence-corrected chi connectivity index (χ4v) is 3.33. The van der Waals surface area contributed by atoms with E-state index in [1.165, 1.54) is 0 Å². The number of hydrogen-bond acceptors (Lipinski definition) is 2. The Kier molecular flexibility index (Phi) is 4.57. The normalized spacial score (nSPS) is 10.5. The number of aromatic nitrogens is 1. The Labute approximate surface area is 119 Å². The van der Waals surface area contributed by atoms with Gasteiger partial charge < -0.3 is 0 Å². The average Bonchev–Trinajstić information content (AvgIpc) is 2.29. The molecule has 88 valence electrons. The summed E-state index contributed by atoms with van der Waals surface area (Å²) in [6.45, 7) is 0. The average molecular weight is 305 g/mol. The van der Waals surface area contributed by atoms with Crippen LogP contribution in [-0.4, -0.2) is 4.98 Å². The summed E-state index contributed by atoms with van der Waals surface area (Å²) in [5.74, 6) is 0.773. The lowest BCUT2D eigenvalue weighted by Crippen LogP contribution is -1.83. The number of thioether (sulfide) groups is 1. The monoisotopic (exact) mass is 303 g/mol. The fraction of sp³-hybridized carbons (Fsp3) is 0.0833. The fourth-order valence-electron chi connectivity index (χ4n) is 1.31. The molecule has 1 aromatic heterocycles. The molecular weight excluding hydrogens is 297 g/mol. The van der Waals surface area contributed by atoms with Crippen LogP contribution in [0.3, 0.4) is 0 Å². The molecule has 1 heterocycles. The van der Waals surface area contributed by atoms with Gasteiger partial charge in [0.05, 0.1) is 10.0 Å². The maximum absolute atomic E-state index is 6.10. The van der Waals surface area contributed by atoms with Crippen molar-refractivity contribution < 1.29 is 0 Å². The van der Waals surface area contributed by atoms with Gasteiger partial charge in [-0.3, -0.25) is 4.98 Å². The Morgan fingerprint density at radius 1 is 1.12 bits per heavy atom. The molecule has 17 heavy (non-hydrogen) atoms. The van der Waals surface area contributed by atoms with Gasteiger partial charge in [-0.05, 0) is 23.8 Å². The first kappa shape index (κ1) is 13.0. The molecule has 5 heteroatoms. The van der Waals surface area contributed by atoms with Crippen LogP contribution in [0.25, 0.3) is 0 Å². The topological polar surface area (TPSA) is 12.9 Å². The Bertz CT molecular complexity index is 493. The molecule has 2 aromatic rings. The van der Waals surface area contributed by atoms with E-state index < -0.39 is 0 Å². The second kappa shape index (κ2) is 5.96. The number of nitrogens with zero attached hydrogens (tertiary/aromatic N) is 1. The van der Waals surface area contributed by atoms with E-state index in [0.717, 1.165) is 16.2 Å². The maximum atomic E-state index is 6.10. The molecule has 0 aliphatic carbocycles. The van der Waals surface area contributed by atoms with E-state index in [4.69, 9.17) is 34.8 Å². The van der Waals surface area contributed by atoms with Gasteiger partial charge >= 0.3 is 0 Å². The van der Waals surface area contributed by atoms with Gasteiger partial charge in [-0.2, -0.15) is 0 Å². The predicted molar refractivity (Wildman–Crippen MR) is 75.3 cm³/mol. The van der Waals surface area contributed by atoms with Gasteiger partial charge in [-0.15, -0.1) is 11.8 Å². The summed E-state index contributed by atoms with van der Waals surface area (Å²) in [4.78, 5) is 4.90. The number of pyridine rings is 1. The first-order valence-electron chi connectivity index (χ1n) is 4.83. The molecule has 1 nitrogen and oxygen atoms in total. The van der Waals surface area contributed by atoms with Crippen molar-refractivity contribution in [2.75, 3.05) is 0 Å². The van der Waals surface area contributed by atoms with Crippen LogP contribution in [0.15, 0.2) is 41.6 Å². The summed E-state index contributed by atoms with van der Waals surface area (Å²) < 4.78 is 0. The first-order chi connectivity index (χ1) is 8.16. The van der Waals surface area contributed by atoms with Crippen LogP contribution in [0.2, 0.25) is 15.1 Å². The standard InChI is InChI=1S/C12H8Cl3NS/c13-9-4-10(14)12(11(15)5-9)17-7-8-2-1-3-16-6-8/h1-6H,7H2. The molecule has 0 amide bonds. The largest absolute Gasteiger partial charge is 0.264 e. The molecule has 0 spiro atoms. The smallest absolute Gasteiger partial charge is 0.0571 e. The maximum Gasteiger partial charge on any atom is 0.0571 e. The van der Waals surface area contributed by atoms with E-state index >= 15 is 0 Å². The number of rotatable bonds is 3. The molecule has 0 aliphatic heterocycles. The molecule has 0 fully saturated rings. The lowest BCUT2D eigenvalue weighted by atomic mass is 10.3. The third-order valence-corrected chi connectivity index (χ3v) is 4.31. The number of hydrogen-bond donors (Lipinski definition) is 0. The van der Waals surface area contributed by atoms with Crippen molar-refractivity contribution >= 4 is 46.6 Å². The van der Waals surface area contributed by atoms with E-state index in [1.807, 2.05) is 18.3 Å². The molecule has 0 radical (unpaired) electrons. The van der Waals surface area contributed by atoms with Gasteiger partial charge in [0.25, 0.3) is 0 Å². The minimum atomic E-state index is 0.547.